The van der Waals surface area contributed by atoms with Crippen LogP contribution in [0.2, 0.25) is 0 Å². The van der Waals surface area contributed by atoms with Crippen molar-refractivity contribution in [1.29, 1.82) is 0 Å². The highest BCUT2D eigenvalue weighted by Gasteiger charge is 2.53. The molecule has 1 aromatic heterocycles. The Morgan fingerprint density at radius 1 is 0.478 bits per heavy atom. The van der Waals surface area contributed by atoms with E-state index in [2.05, 4.69) is 239 Å². The van der Waals surface area contributed by atoms with Crippen LogP contribution in [0.3, 0.4) is 0 Å². The van der Waals surface area contributed by atoms with Crippen LogP contribution in [0.25, 0.3) is 43.5 Å². The first kappa shape index (κ1) is 38.8. The Morgan fingerprint density at radius 3 is 1.61 bits per heavy atom. The average molecular weight is 875 g/mol. The van der Waals surface area contributed by atoms with Crippen LogP contribution >= 0.6 is 11.3 Å². The Bertz CT molecular complexity index is 3660. The van der Waals surface area contributed by atoms with Gasteiger partial charge in [-0.3, -0.25) is 0 Å². The number of rotatable bonds is 3. The second kappa shape index (κ2) is 13.8. The maximum atomic E-state index is 2.63. The molecule has 9 aromatic carbocycles. The topological polar surface area (TPSA) is 6.48 Å². The molecule has 14 rings (SSSR count). The quantitative estimate of drug-likeness (QED) is 0.163. The summed E-state index contributed by atoms with van der Waals surface area (Å²) >= 11 is 2.00. The molecule has 4 heteroatoms. The molecule has 0 bridgehead atoms. The van der Waals surface area contributed by atoms with Crippen molar-refractivity contribution in [1.82, 2.24) is 0 Å². The summed E-state index contributed by atoms with van der Waals surface area (Å²) in [5, 5.41) is 1.31. The van der Waals surface area contributed by atoms with Crippen LogP contribution in [0.15, 0.2) is 194 Å². The van der Waals surface area contributed by atoms with E-state index in [4.69, 9.17) is 0 Å². The maximum Gasteiger partial charge on any atom is 0.264 e. The van der Waals surface area contributed by atoms with E-state index < -0.39 is 5.41 Å². The van der Waals surface area contributed by atoms with Crippen LogP contribution in [-0.4, -0.2) is 6.71 Å². The van der Waals surface area contributed by atoms with Crippen LogP contribution in [0, 0.1) is 13.8 Å². The molecule has 0 fully saturated rings. The minimum atomic E-state index is -0.410. The minimum Gasteiger partial charge on any atom is -0.311 e. The van der Waals surface area contributed by atoms with Crippen molar-refractivity contribution < 1.29 is 0 Å². The van der Waals surface area contributed by atoms with Gasteiger partial charge in [0.2, 0.25) is 0 Å². The number of thiophene rings is 1. The molecule has 0 saturated heterocycles. The molecule has 0 N–H and O–H groups in total. The molecule has 2 aliphatic heterocycles. The monoisotopic (exact) mass is 874 g/mol. The average Bonchev–Trinajstić information content (AvgIpc) is 3.97. The zero-order valence-electron chi connectivity index (χ0n) is 38.4. The van der Waals surface area contributed by atoms with E-state index in [1.54, 1.807) is 0 Å². The molecule has 318 valence electrons. The Hall–Kier alpha value is -7.40. The third-order valence-electron chi connectivity index (χ3n) is 15.4. The van der Waals surface area contributed by atoms with Crippen molar-refractivity contribution >= 4 is 78.0 Å². The fourth-order valence-corrected chi connectivity index (χ4v) is 14.0. The van der Waals surface area contributed by atoms with Gasteiger partial charge in [-0.15, -0.1) is 11.3 Å². The van der Waals surface area contributed by atoms with Crippen LogP contribution in [-0.2, 0) is 10.8 Å². The van der Waals surface area contributed by atoms with Gasteiger partial charge in [0.15, 0.2) is 0 Å². The molecule has 2 aliphatic carbocycles. The van der Waals surface area contributed by atoms with E-state index in [0.29, 0.717) is 0 Å². The first-order valence-corrected chi connectivity index (χ1v) is 24.5. The van der Waals surface area contributed by atoms with Crippen molar-refractivity contribution in [2.45, 2.75) is 45.4 Å². The normalized spacial score (nSPS) is 14.4. The summed E-state index contributed by atoms with van der Waals surface area (Å²) < 4.78 is 2.71. The lowest BCUT2D eigenvalue weighted by molar-refractivity contribution is 0.590. The molecule has 2 nitrogen and oxygen atoms in total. The Labute approximate surface area is 397 Å². The standard InChI is InChI=1S/C63H47BN2S/c1-38-19-18-20-39(2)58(38)40-31-32-53-54(33-40)65(42-21-8-6-9-22-42)55-34-41(62(3,4)5)35-56-59(55)64(53)61-60(66(56)43-23-10-7-11-24-43)48-36-47-46-27-14-17-30-51(46)63(52(47)37-57(48)67-61)49-28-15-12-25-44(49)45-26-13-16-29-50(45)63/h6-37H,1-5H3. The maximum absolute atomic E-state index is 2.63. The van der Waals surface area contributed by atoms with E-state index in [9.17, 15) is 0 Å². The Morgan fingerprint density at radius 2 is 1.01 bits per heavy atom. The van der Waals surface area contributed by atoms with Gasteiger partial charge in [0.05, 0.1) is 11.1 Å². The summed E-state index contributed by atoms with van der Waals surface area (Å²) in [7, 11) is 0. The predicted octanol–water partition coefficient (Wildman–Crippen LogP) is 14.9. The van der Waals surface area contributed by atoms with Crippen molar-refractivity contribution in [3.05, 3.63) is 233 Å². The minimum absolute atomic E-state index is 0.0115. The predicted molar refractivity (Wildman–Crippen MR) is 286 cm³/mol. The van der Waals surface area contributed by atoms with Gasteiger partial charge in [0, 0.05) is 43.3 Å². The molecule has 67 heavy (non-hydrogen) atoms. The molecule has 3 heterocycles. The van der Waals surface area contributed by atoms with Gasteiger partial charge in [0.25, 0.3) is 6.71 Å². The molecular weight excluding hydrogens is 828 g/mol. The molecule has 0 atom stereocenters. The molecule has 0 radical (unpaired) electrons. The molecule has 1 spiro atoms. The smallest absolute Gasteiger partial charge is 0.264 e. The number of para-hydroxylation sites is 2. The van der Waals surface area contributed by atoms with Crippen LogP contribution in [0.4, 0.5) is 34.1 Å². The number of fused-ring (bicyclic) bond motifs is 16. The van der Waals surface area contributed by atoms with E-state index in [-0.39, 0.29) is 12.1 Å². The number of hydrogen-bond acceptors (Lipinski definition) is 3. The summed E-state index contributed by atoms with van der Waals surface area (Å²) in [6.07, 6.45) is 0. The fraction of sp³-hybridized carbons (Fsp3) is 0.111. The van der Waals surface area contributed by atoms with E-state index >= 15 is 0 Å². The second-order valence-electron chi connectivity index (χ2n) is 20.1. The highest BCUT2D eigenvalue weighted by atomic mass is 32.1. The van der Waals surface area contributed by atoms with Gasteiger partial charge in [-0.25, -0.2) is 0 Å². The van der Waals surface area contributed by atoms with Gasteiger partial charge in [-0.1, -0.05) is 160 Å². The number of benzene rings is 9. The first-order valence-electron chi connectivity index (χ1n) is 23.7. The van der Waals surface area contributed by atoms with Gasteiger partial charge in [0.1, 0.15) is 0 Å². The van der Waals surface area contributed by atoms with Crippen LogP contribution in [0.5, 0.6) is 0 Å². The zero-order valence-corrected chi connectivity index (χ0v) is 39.2. The molecule has 0 unspecified atom stereocenters. The number of nitrogens with zero attached hydrogens (tertiary/aromatic N) is 2. The summed E-state index contributed by atoms with van der Waals surface area (Å²) in [6, 6.07) is 74.0. The SMILES string of the molecule is Cc1cccc(C)c1-c1ccc2c(c1)N(c1ccccc1)c1cc(C(C)(C)C)cc3c1B2c1sc2cc4c(cc2c1N3c1ccccc1)-c1ccccc1C41c2ccccc2-c2ccccc21. The summed E-state index contributed by atoms with van der Waals surface area (Å²) in [5.74, 6) is 0. The van der Waals surface area contributed by atoms with Gasteiger partial charge < -0.3 is 9.80 Å². The lowest BCUT2D eigenvalue weighted by Crippen LogP contribution is -2.60. The molecule has 0 amide bonds. The molecule has 4 aliphatic rings. The lowest BCUT2D eigenvalue weighted by Gasteiger charge is -2.44. The number of anilines is 6. The number of hydrogen-bond donors (Lipinski definition) is 0. The second-order valence-corrected chi connectivity index (χ2v) is 21.2. The first-order chi connectivity index (χ1) is 32.7. The van der Waals surface area contributed by atoms with Crippen LogP contribution < -0.4 is 25.5 Å². The van der Waals surface area contributed by atoms with Crippen molar-refractivity contribution in [2.75, 3.05) is 9.80 Å². The summed E-state index contributed by atoms with van der Waals surface area (Å²) in [5.41, 5.74) is 26.9. The Balaban J connectivity index is 1.11. The lowest BCUT2D eigenvalue weighted by atomic mass is 9.36. The number of aryl methyl sites for hydroxylation is 2. The summed E-state index contributed by atoms with van der Waals surface area (Å²) in [4.78, 5) is 5.20. The zero-order chi connectivity index (χ0) is 44.9. The van der Waals surface area contributed by atoms with Gasteiger partial charge in [-0.05, 0) is 157 Å². The fourth-order valence-electron chi connectivity index (χ4n) is 12.6. The van der Waals surface area contributed by atoms with Crippen molar-refractivity contribution in [3.63, 3.8) is 0 Å². The van der Waals surface area contributed by atoms with E-state index in [0.717, 1.165) is 0 Å². The van der Waals surface area contributed by atoms with Gasteiger partial charge >= 0.3 is 0 Å². The third-order valence-corrected chi connectivity index (χ3v) is 16.7. The molecule has 0 saturated carbocycles. The largest absolute Gasteiger partial charge is 0.311 e. The summed E-state index contributed by atoms with van der Waals surface area (Å²) in [6.45, 7) is 11.6. The van der Waals surface area contributed by atoms with Crippen molar-refractivity contribution in [2.24, 2.45) is 0 Å². The van der Waals surface area contributed by atoms with Gasteiger partial charge in [-0.2, -0.15) is 0 Å². The highest BCUT2D eigenvalue weighted by Crippen LogP contribution is 2.64. The highest BCUT2D eigenvalue weighted by molar-refractivity contribution is 7.33. The van der Waals surface area contributed by atoms with E-state index in [1.165, 1.54) is 132 Å². The molecule has 10 aromatic rings. The molecular formula is C63H47BN2S. The van der Waals surface area contributed by atoms with Crippen LogP contribution in [0.1, 0.15) is 59.7 Å². The Kier molecular flexibility index (Phi) is 8.01. The third kappa shape index (κ3) is 5.17. The van der Waals surface area contributed by atoms with Crippen molar-refractivity contribution in [3.8, 4) is 33.4 Å². The van der Waals surface area contributed by atoms with E-state index in [1.807, 2.05) is 11.3 Å².